The van der Waals surface area contributed by atoms with Crippen molar-refractivity contribution < 1.29 is 9.59 Å². The number of benzene rings is 1. The lowest BCUT2D eigenvalue weighted by molar-refractivity contribution is 0.101. The third-order valence-corrected chi connectivity index (χ3v) is 4.11. The second-order valence-corrected chi connectivity index (χ2v) is 5.90. The van der Waals surface area contributed by atoms with Gasteiger partial charge in [0, 0.05) is 30.4 Å². The molecular formula is C18H20N4O2. The van der Waals surface area contributed by atoms with Gasteiger partial charge in [-0.05, 0) is 50.5 Å². The Kier molecular flexibility index (Phi) is 4.84. The van der Waals surface area contributed by atoms with Gasteiger partial charge >= 0.3 is 0 Å². The maximum absolute atomic E-state index is 12.4. The molecule has 1 saturated heterocycles. The number of amides is 1. The van der Waals surface area contributed by atoms with Gasteiger partial charge in [-0.1, -0.05) is 0 Å². The summed E-state index contributed by atoms with van der Waals surface area (Å²) in [6.45, 7) is 3.44. The van der Waals surface area contributed by atoms with Gasteiger partial charge in [0.15, 0.2) is 5.78 Å². The monoisotopic (exact) mass is 324 g/mol. The largest absolute Gasteiger partial charge is 0.357 e. The Morgan fingerprint density at radius 2 is 1.75 bits per heavy atom. The predicted octanol–water partition coefficient (Wildman–Crippen LogP) is 2.92. The molecule has 1 N–H and O–H groups in total. The second-order valence-electron chi connectivity index (χ2n) is 5.90. The average molecular weight is 324 g/mol. The minimum absolute atomic E-state index is 0.00477. The number of ketones is 1. The number of nitrogens with zero attached hydrogens (tertiary/aromatic N) is 3. The summed E-state index contributed by atoms with van der Waals surface area (Å²) in [6, 6.07) is 8.53. The van der Waals surface area contributed by atoms with E-state index in [0.29, 0.717) is 16.9 Å². The minimum Gasteiger partial charge on any atom is -0.357 e. The Hall–Kier alpha value is -2.76. The number of Topliss-reactive ketones (excluding diaryl/α,β-unsaturated/α-hetero) is 1. The van der Waals surface area contributed by atoms with E-state index in [9.17, 15) is 9.59 Å². The predicted molar refractivity (Wildman–Crippen MR) is 92.5 cm³/mol. The third-order valence-electron chi connectivity index (χ3n) is 4.11. The van der Waals surface area contributed by atoms with E-state index in [2.05, 4.69) is 20.2 Å². The summed E-state index contributed by atoms with van der Waals surface area (Å²) in [5.41, 5.74) is 1.58. The molecule has 0 unspecified atom stereocenters. The Balaban J connectivity index is 1.71. The van der Waals surface area contributed by atoms with Crippen LogP contribution in [0.3, 0.4) is 0 Å². The van der Waals surface area contributed by atoms with E-state index in [-0.39, 0.29) is 11.7 Å². The maximum Gasteiger partial charge on any atom is 0.274 e. The smallest absolute Gasteiger partial charge is 0.274 e. The summed E-state index contributed by atoms with van der Waals surface area (Å²) < 4.78 is 0. The van der Waals surface area contributed by atoms with Crippen molar-refractivity contribution in [3.63, 3.8) is 0 Å². The maximum atomic E-state index is 12.4. The molecule has 1 amide bonds. The van der Waals surface area contributed by atoms with Crippen molar-refractivity contribution in [1.82, 2.24) is 9.97 Å². The van der Waals surface area contributed by atoms with Crippen molar-refractivity contribution in [3.05, 3.63) is 47.9 Å². The molecule has 0 radical (unpaired) electrons. The van der Waals surface area contributed by atoms with Crippen molar-refractivity contribution in [2.45, 2.75) is 26.2 Å². The number of rotatable bonds is 4. The molecule has 6 heteroatoms. The summed E-state index contributed by atoms with van der Waals surface area (Å²) in [4.78, 5) is 34.2. The first kappa shape index (κ1) is 16.1. The summed E-state index contributed by atoms with van der Waals surface area (Å²) in [5, 5.41) is 2.80. The third kappa shape index (κ3) is 3.76. The fourth-order valence-corrected chi connectivity index (χ4v) is 2.75. The number of anilines is 2. The molecule has 1 aliphatic heterocycles. The fourth-order valence-electron chi connectivity index (χ4n) is 2.75. The van der Waals surface area contributed by atoms with Crippen molar-refractivity contribution >= 4 is 23.2 Å². The molecule has 2 heterocycles. The number of aromatic nitrogens is 2. The Bertz CT molecular complexity index is 737. The van der Waals surface area contributed by atoms with Crippen LogP contribution in [0.1, 0.15) is 47.0 Å². The molecule has 6 nitrogen and oxygen atoms in total. The van der Waals surface area contributed by atoms with Gasteiger partial charge in [0.2, 0.25) is 0 Å². The van der Waals surface area contributed by atoms with E-state index in [0.717, 1.165) is 31.7 Å². The molecule has 1 aromatic heterocycles. The summed E-state index contributed by atoms with van der Waals surface area (Å²) in [7, 11) is 0. The number of carbonyl (C=O) groups is 2. The van der Waals surface area contributed by atoms with Gasteiger partial charge in [-0.3, -0.25) is 9.59 Å². The summed E-state index contributed by atoms with van der Waals surface area (Å²) in [5.74, 6) is 0.503. The SMILES string of the molecule is CC(=O)c1ccc(NC(=O)c2cc(N3CCCCC3)ncn2)cc1. The minimum atomic E-state index is -0.286. The number of carbonyl (C=O) groups excluding carboxylic acids is 2. The van der Waals surface area contributed by atoms with E-state index < -0.39 is 0 Å². The highest BCUT2D eigenvalue weighted by Crippen LogP contribution is 2.18. The summed E-state index contributed by atoms with van der Waals surface area (Å²) >= 11 is 0. The zero-order chi connectivity index (χ0) is 16.9. The highest BCUT2D eigenvalue weighted by Gasteiger charge is 2.15. The van der Waals surface area contributed by atoms with Crippen molar-refractivity contribution in [2.24, 2.45) is 0 Å². The van der Waals surface area contributed by atoms with Gasteiger partial charge in [-0.15, -0.1) is 0 Å². The average Bonchev–Trinajstić information content (AvgIpc) is 2.63. The van der Waals surface area contributed by atoms with E-state index >= 15 is 0 Å². The van der Waals surface area contributed by atoms with Crippen LogP contribution in [0.4, 0.5) is 11.5 Å². The van der Waals surface area contributed by atoms with Crippen LogP contribution in [0.5, 0.6) is 0 Å². The van der Waals surface area contributed by atoms with Gasteiger partial charge in [0.1, 0.15) is 17.8 Å². The molecule has 124 valence electrons. The molecule has 0 atom stereocenters. The molecular weight excluding hydrogens is 304 g/mol. The lowest BCUT2D eigenvalue weighted by atomic mass is 10.1. The van der Waals surface area contributed by atoms with Crippen molar-refractivity contribution in [1.29, 1.82) is 0 Å². The fraction of sp³-hybridized carbons (Fsp3) is 0.333. The van der Waals surface area contributed by atoms with Crippen LogP contribution < -0.4 is 10.2 Å². The molecule has 3 rings (SSSR count). The highest BCUT2D eigenvalue weighted by molar-refractivity contribution is 6.03. The summed E-state index contributed by atoms with van der Waals surface area (Å²) in [6.07, 6.45) is 4.96. The quantitative estimate of drug-likeness (QED) is 0.875. The van der Waals surface area contributed by atoms with Crippen LogP contribution in [0.25, 0.3) is 0 Å². The van der Waals surface area contributed by atoms with Gasteiger partial charge in [-0.2, -0.15) is 0 Å². The zero-order valence-corrected chi connectivity index (χ0v) is 13.7. The standard InChI is InChI=1S/C18H20N4O2/c1-13(23)14-5-7-15(8-6-14)21-18(24)16-11-17(20-12-19-16)22-9-3-2-4-10-22/h5-8,11-12H,2-4,9-10H2,1H3,(H,21,24). The normalized spacial score (nSPS) is 14.3. The molecule has 0 saturated carbocycles. The molecule has 24 heavy (non-hydrogen) atoms. The Labute approximate surface area is 140 Å². The number of piperidine rings is 1. The topological polar surface area (TPSA) is 75.2 Å². The molecule has 1 aliphatic rings. The van der Waals surface area contributed by atoms with Crippen molar-refractivity contribution in [3.8, 4) is 0 Å². The molecule has 0 spiro atoms. The van der Waals surface area contributed by atoms with Crippen LogP contribution >= 0.6 is 0 Å². The van der Waals surface area contributed by atoms with E-state index in [1.807, 2.05) is 0 Å². The molecule has 0 aliphatic carbocycles. The lowest BCUT2D eigenvalue weighted by Gasteiger charge is -2.27. The van der Waals surface area contributed by atoms with E-state index in [1.54, 1.807) is 30.3 Å². The number of nitrogens with one attached hydrogen (secondary N) is 1. The van der Waals surface area contributed by atoms with Gasteiger partial charge in [0.25, 0.3) is 5.91 Å². The first-order valence-electron chi connectivity index (χ1n) is 8.13. The van der Waals surface area contributed by atoms with Crippen molar-refractivity contribution in [2.75, 3.05) is 23.3 Å². The van der Waals surface area contributed by atoms with Crippen LogP contribution in [0.2, 0.25) is 0 Å². The number of hydrogen-bond acceptors (Lipinski definition) is 5. The van der Waals surface area contributed by atoms with Crippen LogP contribution in [-0.2, 0) is 0 Å². The van der Waals surface area contributed by atoms with Crippen LogP contribution in [0.15, 0.2) is 36.7 Å². The second kappa shape index (κ2) is 7.21. The molecule has 1 aromatic carbocycles. The zero-order valence-electron chi connectivity index (χ0n) is 13.7. The van der Waals surface area contributed by atoms with Crippen LogP contribution in [-0.4, -0.2) is 34.7 Å². The first-order valence-corrected chi connectivity index (χ1v) is 8.13. The molecule has 1 fully saturated rings. The molecule has 2 aromatic rings. The van der Waals surface area contributed by atoms with Gasteiger partial charge in [-0.25, -0.2) is 9.97 Å². The Morgan fingerprint density at radius 3 is 2.42 bits per heavy atom. The van der Waals surface area contributed by atoms with E-state index in [1.165, 1.54) is 19.7 Å². The highest BCUT2D eigenvalue weighted by atomic mass is 16.2. The van der Waals surface area contributed by atoms with Crippen LogP contribution in [0, 0.1) is 0 Å². The number of hydrogen-bond donors (Lipinski definition) is 1. The van der Waals surface area contributed by atoms with E-state index in [4.69, 9.17) is 0 Å². The first-order chi connectivity index (χ1) is 11.6. The lowest BCUT2D eigenvalue weighted by Crippen LogP contribution is -2.30. The van der Waals surface area contributed by atoms with Gasteiger partial charge < -0.3 is 10.2 Å². The molecule has 0 bridgehead atoms. The van der Waals surface area contributed by atoms with Gasteiger partial charge in [0.05, 0.1) is 0 Å². The Morgan fingerprint density at radius 1 is 1.04 bits per heavy atom.